The van der Waals surface area contributed by atoms with E-state index < -0.39 is 10.1 Å². The standard InChI is InChI=1S/C9H10O3S.H3NO/c1-2-5-8-6-3-4-7-9(8)13(10,11)12;1-2/h2-4,6-7H,1,5H2,(H,10,11,12);2H,1H2. The maximum Gasteiger partial charge on any atom is 0.294 e. The molecule has 0 fully saturated rings. The minimum Gasteiger partial charge on any atom is -0.320 e. The highest BCUT2D eigenvalue weighted by atomic mass is 32.2. The molecule has 0 atom stereocenters. The van der Waals surface area contributed by atoms with Crippen molar-refractivity contribution in [2.45, 2.75) is 11.3 Å². The molecule has 0 spiro atoms. The Balaban J connectivity index is 0.000000921. The lowest BCUT2D eigenvalue weighted by molar-refractivity contribution is 0.311. The van der Waals surface area contributed by atoms with Crippen LogP contribution in [0.2, 0.25) is 0 Å². The van der Waals surface area contributed by atoms with E-state index in [9.17, 15) is 8.42 Å². The highest BCUT2D eigenvalue weighted by molar-refractivity contribution is 7.85. The second kappa shape index (κ2) is 6.31. The van der Waals surface area contributed by atoms with Crippen molar-refractivity contribution in [1.29, 1.82) is 0 Å². The first-order valence-electron chi connectivity index (χ1n) is 3.98. The van der Waals surface area contributed by atoms with E-state index in [-0.39, 0.29) is 4.90 Å². The molecule has 0 saturated carbocycles. The Kier molecular flexibility index (Phi) is 5.80. The molecule has 0 unspecified atom stereocenters. The molecule has 0 radical (unpaired) electrons. The van der Waals surface area contributed by atoms with E-state index in [2.05, 4.69) is 12.5 Å². The molecule has 15 heavy (non-hydrogen) atoms. The highest BCUT2D eigenvalue weighted by Gasteiger charge is 2.12. The number of hydrogen-bond acceptors (Lipinski definition) is 4. The van der Waals surface area contributed by atoms with Gasteiger partial charge in [0, 0.05) is 0 Å². The molecule has 5 nitrogen and oxygen atoms in total. The third-order valence-corrected chi connectivity index (χ3v) is 2.57. The summed E-state index contributed by atoms with van der Waals surface area (Å²) in [6.45, 7) is 3.50. The summed E-state index contributed by atoms with van der Waals surface area (Å²) < 4.78 is 30.5. The lowest BCUT2D eigenvalue weighted by atomic mass is 10.1. The van der Waals surface area contributed by atoms with Crippen LogP contribution in [0.1, 0.15) is 5.56 Å². The zero-order valence-corrected chi connectivity index (χ0v) is 8.81. The van der Waals surface area contributed by atoms with Gasteiger partial charge in [0.15, 0.2) is 0 Å². The van der Waals surface area contributed by atoms with Crippen LogP contribution in [0.4, 0.5) is 0 Å². The van der Waals surface area contributed by atoms with Crippen LogP contribution in [0.15, 0.2) is 41.8 Å². The summed E-state index contributed by atoms with van der Waals surface area (Å²) in [5.41, 5.74) is 0.556. The number of rotatable bonds is 3. The molecule has 0 amide bonds. The van der Waals surface area contributed by atoms with Gasteiger partial charge in [-0.3, -0.25) is 4.55 Å². The number of allylic oxidation sites excluding steroid dienone is 1. The first kappa shape index (κ1) is 13.8. The van der Waals surface area contributed by atoms with Crippen LogP contribution in [-0.2, 0) is 16.5 Å². The second-order valence-corrected chi connectivity index (χ2v) is 3.97. The van der Waals surface area contributed by atoms with Crippen molar-refractivity contribution in [2.75, 3.05) is 0 Å². The molecule has 1 aromatic carbocycles. The Morgan fingerprint density at radius 3 is 2.33 bits per heavy atom. The first-order chi connectivity index (χ1) is 7.05. The summed E-state index contributed by atoms with van der Waals surface area (Å²) in [4.78, 5) is -0.0464. The third-order valence-electron chi connectivity index (χ3n) is 1.61. The number of hydrogen-bond donors (Lipinski definition) is 3. The lowest BCUT2D eigenvalue weighted by Gasteiger charge is -2.02. The van der Waals surface area contributed by atoms with Gasteiger partial charge in [0.1, 0.15) is 0 Å². The van der Waals surface area contributed by atoms with Crippen molar-refractivity contribution in [3.8, 4) is 0 Å². The van der Waals surface area contributed by atoms with Gasteiger partial charge in [-0.15, -0.1) is 6.58 Å². The smallest absolute Gasteiger partial charge is 0.294 e. The zero-order valence-electron chi connectivity index (χ0n) is 8.00. The van der Waals surface area contributed by atoms with Crippen molar-refractivity contribution in [3.05, 3.63) is 42.5 Å². The Morgan fingerprint density at radius 2 is 1.87 bits per heavy atom. The molecule has 84 valence electrons. The number of nitrogens with two attached hydrogens (primary N) is 1. The molecule has 0 heterocycles. The molecule has 4 N–H and O–H groups in total. The van der Waals surface area contributed by atoms with Crippen molar-refractivity contribution in [2.24, 2.45) is 5.90 Å². The number of benzene rings is 1. The molecule has 1 rings (SSSR count). The Bertz CT molecular complexity index is 414. The van der Waals surface area contributed by atoms with E-state index in [1.807, 2.05) is 0 Å². The molecule has 0 aromatic heterocycles. The summed E-state index contributed by atoms with van der Waals surface area (Å²) in [6.07, 6.45) is 2.01. The molecule has 0 bridgehead atoms. The highest BCUT2D eigenvalue weighted by Crippen LogP contribution is 2.15. The van der Waals surface area contributed by atoms with Crippen LogP contribution in [0.3, 0.4) is 0 Å². The van der Waals surface area contributed by atoms with Gasteiger partial charge in [-0.05, 0) is 18.1 Å². The molecule has 6 heteroatoms. The Hall–Kier alpha value is -1.21. The summed E-state index contributed by atoms with van der Waals surface area (Å²) in [5.74, 6) is 3.50. The maximum atomic E-state index is 10.8. The molecule has 0 saturated heterocycles. The van der Waals surface area contributed by atoms with Gasteiger partial charge in [-0.25, -0.2) is 5.90 Å². The van der Waals surface area contributed by atoms with E-state index in [1.165, 1.54) is 6.07 Å². The normalized spacial score (nSPS) is 10.1. The maximum absolute atomic E-state index is 10.8. The van der Waals surface area contributed by atoms with Gasteiger partial charge in [0.2, 0.25) is 0 Å². The van der Waals surface area contributed by atoms with Crippen LogP contribution >= 0.6 is 0 Å². The van der Waals surface area contributed by atoms with Gasteiger partial charge in [0.25, 0.3) is 10.1 Å². The quantitative estimate of drug-likeness (QED) is 0.409. The topological polar surface area (TPSA) is 101 Å². The fourth-order valence-electron chi connectivity index (χ4n) is 1.08. The summed E-state index contributed by atoms with van der Waals surface area (Å²) >= 11 is 0. The Labute approximate surface area is 88.6 Å². The van der Waals surface area contributed by atoms with Gasteiger partial charge in [-0.1, -0.05) is 24.3 Å². The molecule has 1 aromatic rings. The predicted molar refractivity (Wildman–Crippen MR) is 56.1 cm³/mol. The van der Waals surface area contributed by atoms with E-state index in [4.69, 9.17) is 9.76 Å². The van der Waals surface area contributed by atoms with Crippen LogP contribution in [0.25, 0.3) is 0 Å². The predicted octanol–water partition coefficient (Wildman–Crippen LogP) is 0.996. The average Bonchev–Trinajstić information content (AvgIpc) is 2.21. The largest absolute Gasteiger partial charge is 0.320 e. The molecule has 0 aliphatic carbocycles. The fourth-order valence-corrected chi connectivity index (χ4v) is 1.81. The van der Waals surface area contributed by atoms with Gasteiger partial charge >= 0.3 is 0 Å². The lowest BCUT2D eigenvalue weighted by Crippen LogP contribution is -2.02. The summed E-state index contributed by atoms with van der Waals surface area (Å²) in [5, 5.41) is 6.50. The zero-order chi connectivity index (χ0) is 11.9. The monoisotopic (exact) mass is 231 g/mol. The van der Waals surface area contributed by atoms with Crippen LogP contribution in [0, 0.1) is 0 Å². The van der Waals surface area contributed by atoms with Crippen LogP contribution < -0.4 is 5.90 Å². The average molecular weight is 231 g/mol. The van der Waals surface area contributed by atoms with E-state index in [1.54, 1.807) is 24.3 Å². The molecule has 0 aliphatic rings. The minimum atomic E-state index is -4.10. The summed E-state index contributed by atoms with van der Waals surface area (Å²) in [6, 6.07) is 6.29. The first-order valence-corrected chi connectivity index (χ1v) is 5.42. The fraction of sp³-hybridized carbons (Fsp3) is 0.111. The van der Waals surface area contributed by atoms with Crippen molar-refractivity contribution < 1.29 is 18.2 Å². The van der Waals surface area contributed by atoms with Crippen molar-refractivity contribution >= 4 is 10.1 Å². The molecule has 0 aliphatic heterocycles. The molecular weight excluding hydrogens is 218 g/mol. The van der Waals surface area contributed by atoms with E-state index in [0.29, 0.717) is 12.0 Å². The van der Waals surface area contributed by atoms with Gasteiger partial charge < -0.3 is 5.21 Å². The van der Waals surface area contributed by atoms with Crippen LogP contribution in [-0.4, -0.2) is 18.2 Å². The SMILES string of the molecule is C=CCc1ccccc1S(=O)(=O)O.NO. The minimum absolute atomic E-state index is 0.0464. The van der Waals surface area contributed by atoms with Crippen LogP contribution in [0.5, 0.6) is 0 Å². The third kappa shape index (κ3) is 4.22. The second-order valence-electron chi connectivity index (χ2n) is 2.58. The summed E-state index contributed by atoms with van der Waals surface area (Å²) in [7, 11) is -4.10. The van der Waals surface area contributed by atoms with E-state index >= 15 is 0 Å². The van der Waals surface area contributed by atoms with Gasteiger partial charge in [-0.2, -0.15) is 8.42 Å². The Morgan fingerprint density at radius 1 is 1.33 bits per heavy atom. The van der Waals surface area contributed by atoms with Crippen molar-refractivity contribution in [1.82, 2.24) is 0 Å². The van der Waals surface area contributed by atoms with E-state index in [0.717, 1.165) is 0 Å². The molecular formula is C9H13NO4S. The van der Waals surface area contributed by atoms with Crippen molar-refractivity contribution in [3.63, 3.8) is 0 Å². The van der Waals surface area contributed by atoms with Gasteiger partial charge in [0.05, 0.1) is 4.90 Å².